The van der Waals surface area contributed by atoms with Crippen LogP contribution in [-0.2, 0) is 0 Å². The molecule has 0 radical (unpaired) electrons. The third-order valence-corrected chi connectivity index (χ3v) is 4.79. The Kier molecular flexibility index (Phi) is 8.48. The number of aliphatic imine (C=N–C) groups is 1. The Balaban J connectivity index is 0.00000220. The van der Waals surface area contributed by atoms with Gasteiger partial charge in [0.15, 0.2) is 5.96 Å². The van der Waals surface area contributed by atoms with Crippen LogP contribution in [0.2, 0.25) is 0 Å². The van der Waals surface area contributed by atoms with Gasteiger partial charge in [-0.15, -0.1) is 35.7 Å². The first-order chi connectivity index (χ1) is 9.65. The Morgan fingerprint density at radius 2 is 1.95 bits per heavy atom. The monoisotopic (exact) mass is 419 g/mol. The molecule has 0 amide bonds. The van der Waals surface area contributed by atoms with Crippen LogP contribution in [0.15, 0.2) is 40.2 Å². The quantitative estimate of drug-likeness (QED) is 0.349. The molecule has 1 aromatic rings. The van der Waals surface area contributed by atoms with E-state index in [0.717, 1.165) is 31.5 Å². The van der Waals surface area contributed by atoms with Gasteiger partial charge in [0.25, 0.3) is 0 Å². The molecule has 3 nitrogen and oxygen atoms in total. The number of nitrogens with two attached hydrogens (primary N) is 1. The largest absolute Gasteiger partial charge is 0.370 e. The molecular weight excluding hydrogens is 393 g/mol. The average molecular weight is 419 g/mol. The van der Waals surface area contributed by atoms with Crippen molar-refractivity contribution in [3.63, 3.8) is 0 Å². The van der Waals surface area contributed by atoms with Crippen LogP contribution < -0.4 is 5.73 Å². The molecule has 0 aliphatic carbocycles. The summed E-state index contributed by atoms with van der Waals surface area (Å²) >= 11 is 1.85. The van der Waals surface area contributed by atoms with Crippen molar-refractivity contribution in [2.45, 2.75) is 36.8 Å². The van der Waals surface area contributed by atoms with Gasteiger partial charge in [-0.25, -0.2) is 0 Å². The van der Waals surface area contributed by atoms with Gasteiger partial charge >= 0.3 is 0 Å². The predicted octanol–water partition coefficient (Wildman–Crippen LogP) is 3.83. The van der Waals surface area contributed by atoms with Gasteiger partial charge < -0.3 is 10.6 Å². The Labute approximate surface area is 149 Å². The number of hydrogen-bond donors (Lipinski definition) is 1. The van der Waals surface area contributed by atoms with Crippen molar-refractivity contribution in [3.8, 4) is 0 Å². The molecule has 0 bridgehead atoms. The predicted molar refractivity (Wildman–Crippen MR) is 104 cm³/mol. The first kappa shape index (κ1) is 18.6. The van der Waals surface area contributed by atoms with E-state index in [1.807, 2.05) is 17.8 Å². The number of benzene rings is 1. The minimum absolute atomic E-state index is 0. The Hall–Kier alpha value is -0.430. The highest BCUT2D eigenvalue weighted by Crippen LogP contribution is 2.22. The second-order valence-corrected chi connectivity index (χ2v) is 7.12. The van der Waals surface area contributed by atoms with Gasteiger partial charge in [0.1, 0.15) is 0 Å². The summed E-state index contributed by atoms with van der Waals surface area (Å²) in [5, 5.41) is 0.444. The highest BCUT2D eigenvalue weighted by Gasteiger charge is 2.17. The number of guanidine groups is 1. The average Bonchev–Trinajstić information content (AvgIpc) is 2.46. The molecule has 21 heavy (non-hydrogen) atoms. The van der Waals surface area contributed by atoms with Gasteiger partial charge in [0.05, 0.1) is 6.54 Å². The lowest BCUT2D eigenvalue weighted by Gasteiger charge is -2.31. The molecule has 1 atom stereocenters. The van der Waals surface area contributed by atoms with Crippen LogP contribution in [0.25, 0.3) is 0 Å². The smallest absolute Gasteiger partial charge is 0.191 e. The standard InChI is InChI=1S/C16H25N3S.HI/c1-13-8-10-19(11-9-13)16(17)18-12-14(2)20-15-6-4-3-5-7-15;/h3-7,13-14H,8-12H2,1-2H3,(H2,17,18);1H. The van der Waals surface area contributed by atoms with Crippen molar-refractivity contribution in [2.24, 2.45) is 16.6 Å². The van der Waals surface area contributed by atoms with Crippen LogP contribution in [0.1, 0.15) is 26.7 Å². The van der Waals surface area contributed by atoms with E-state index in [1.165, 1.54) is 17.7 Å². The van der Waals surface area contributed by atoms with Crippen molar-refractivity contribution in [1.82, 2.24) is 4.90 Å². The van der Waals surface area contributed by atoms with Crippen LogP contribution in [0.4, 0.5) is 0 Å². The molecule has 5 heteroatoms. The van der Waals surface area contributed by atoms with Crippen LogP contribution in [0.5, 0.6) is 0 Å². The minimum atomic E-state index is 0. The van der Waals surface area contributed by atoms with Crippen LogP contribution in [-0.4, -0.2) is 35.7 Å². The van der Waals surface area contributed by atoms with Crippen LogP contribution >= 0.6 is 35.7 Å². The van der Waals surface area contributed by atoms with E-state index >= 15 is 0 Å². The first-order valence-electron chi connectivity index (χ1n) is 7.41. The molecule has 1 heterocycles. The van der Waals surface area contributed by atoms with Gasteiger partial charge in [-0.3, -0.25) is 4.99 Å². The third-order valence-electron chi connectivity index (χ3n) is 3.70. The zero-order valence-electron chi connectivity index (χ0n) is 12.9. The van der Waals surface area contributed by atoms with Gasteiger partial charge in [0, 0.05) is 23.2 Å². The molecule has 2 N–H and O–H groups in total. The normalized spacial score (nSPS) is 18.2. The molecule has 1 aromatic carbocycles. The zero-order valence-corrected chi connectivity index (χ0v) is 16.0. The molecule has 1 fully saturated rings. The summed E-state index contributed by atoms with van der Waals surface area (Å²) in [6.45, 7) is 7.39. The highest BCUT2D eigenvalue weighted by atomic mass is 127. The molecular formula is C16H26IN3S. The summed E-state index contributed by atoms with van der Waals surface area (Å²) < 4.78 is 0. The number of piperidine rings is 1. The van der Waals surface area contributed by atoms with Crippen LogP contribution in [0, 0.1) is 5.92 Å². The number of halogens is 1. The van der Waals surface area contributed by atoms with Crippen molar-refractivity contribution in [1.29, 1.82) is 0 Å². The number of likely N-dealkylation sites (tertiary alicyclic amines) is 1. The van der Waals surface area contributed by atoms with Gasteiger partial charge in [0.2, 0.25) is 0 Å². The van der Waals surface area contributed by atoms with Gasteiger partial charge in [-0.1, -0.05) is 32.0 Å². The summed E-state index contributed by atoms with van der Waals surface area (Å²) in [6.07, 6.45) is 2.45. The molecule has 0 saturated carbocycles. The second-order valence-electron chi connectivity index (χ2n) is 5.61. The summed E-state index contributed by atoms with van der Waals surface area (Å²) in [7, 11) is 0. The van der Waals surface area contributed by atoms with Gasteiger partial charge in [-0.05, 0) is 30.9 Å². The maximum atomic E-state index is 6.10. The second kappa shape index (κ2) is 9.56. The van der Waals surface area contributed by atoms with E-state index in [4.69, 9.17) is 5.73 Å². The summed E-state index contributed by atoms with van der Waals surface area (Å²) in [4.78, 5) is 8.08. The van der Waals surface area contributed by atoms with E-state index in [-0.39, 0.29) is 24.0 Å². The van der Waals surface area contributed by atoms with Gasteiger partial charge in [-0.2, -0.15) is 0 Å². The lowest BCUT2D eigenvalue weighted by atomic mass is 10.00. The summed E-state index contributed by atoms with van der Waals surface area (Å²) in [6, 6.07) is 10.5. The Morgan fingerprint density at radius 1 is 1.33 bits per heavy atom. The lowest BCUT2D eigenvalue weighted by molar-refractivity contribution is 0.277. The van der Waals surface area contributed by atoms with E-state index < -0.39 is 0 Å². The fourth-order valence-corrected chi connectivity index (χ4v) is 3.26. The fraction of sp³-hybridized carbons (Fsp3) is 0.562. The number of thioether (sulfide) groups is 1. The maximum absolute atomic E-state index is 6.10. The molecule has 118 valence electrons. The topological polar surface area (TPSA) is 41.6 Å². The highest BCUT2D eigenvalue weighted by molar-refractivity contribution is 14.0. The first-order valence-corrected chi connectivity index (χ1v) is 8.29. The summed E-state index contributed by atoms with van der Waals surface area (Å²) in [5.74, 6) is 1.55. The fourth-order valence-electron chi connectivity index (χ4n) is 2.33. The van der Waals surface area contributed by atoms with Crippen molar-refractivity contribution < 1.29 is 0 Å². The van der Waals surface area contributed by atoms with Crippen molar-refractivity contribution in [3.05, 3.63) is 30.3 Å². The number of hydrogen-bond acceptors (Lipinski definition) is 2. The molecule has 1 aliphatic rings. The van der Waals surface area contributed by atoms with E-state index in [2.05, 4.69) is 48.0 Å². The van der Waals surface area contributed by atoms with Crippen molar-refractivity contribution in [2.75, 3.05) is 19.6 Å². The third kappa shape index (κ3) is 6.46. The Morgan fingerprint density at radius 3 is 2.57 bits per heavy atom. The molecule has 2 rings (SSSR count). The van der Waals surface area contributed by atoms with E-state index in [9.17, 15) is 0 Å². The maximum Gasteiger partial charge on any atom is 0.191 e. The van der Waals surface area contributed by atoms with E-state index in [1.54, 1.807) is 0 Å². The lowest BCUT2D eigenvalue weighted by Crippen LogP contribution is -2.42. The zero-order chi connectivity index (χ0) is 14.4. The Bertz CT molecular complexity index is 430. The molecule has 0 spiro atoms. The van der Waals surface area contributed by atoms with Crippen molar-refractivity contribution >= 4 is 41.7 Å². The summed E-state index contributed by atoms with van der Waals surface area (Å²) in [5.41, 5.74) is 6.10. The van der Waals surface area contributed by atoms with E-state index in [0.29, 0.717) is 5.25 Å². The van der Waals surface area contributed by atoms with Crippen LogP contribution in [0.3, 0.4) is 0 Å². The number of nitrogens with zero attached hydrogens (tertiary/aromatic N) is 2. The molecule has 1 unspecified atom stereocenters. The molecule has 0 aromatic heterocycles. The molecule has 1 aliphatic heterocycles. The number of rotatable bonds is 4. The molecule has 1 saturated heterocycles. The SMILES string of the molecule is CC1CCN(C(N)=NCC(C)Sc2ccccc2)CC1.I. The minimum Gasteiger partial charge on any atom is -0.370 e.